The number of thiazole rings is 1. The molecule has 0 atom stereocenters. The second kappa shape index (κ2) is 10.6. The zero-order chi connectivity index (χ0) is 26.8. The molecule has 3 aromatic carbocycles. The van der Waals surface area contributed by atoms with Crippen LogP contribution in [0.5, 0.6) is 11.5 Å². The molecular formula is C31H28N2O4S. The van der Waals surface area contributed by atoms with Crippen LogP contribution >= 0.6 is 11.3 Å². The number of para-hydroxylation sites is 1. The molecule has 0 saturated heterocycles. The zero-order valence-electron chi connectivity index (χ0n) is 21.5. The number of ether oxygens (including phenoxy) is 2. The fraction of sp³-hybridized carbons (Fsp3) is 0.161. The Morgan fingerprint density at radius 3 is 2.45 bits per heavy atom. The topological polar surface area (TPSA) is 73.3 Å². The highest BCUT2D eigenvalue weighted by Crippen LogP contribution is 2.30. The maximum atomic E-state index is 13.5. The molecule has 0 aliphatic heterocycles. The van der Waals surface area contributed by atoms with E-state index in [0.29, 0.717) is 26.1 Å². The van der Waals surface area contributed by atoms with Gasteiger partial charge in [-0.2, -0.15) is 0 Å². The second-order valence-corrected chi connectivity index (χ2v) is 10.2. The third-order valence-electron chi connectivity index (χ3n) is 6.48. The Morgan fingerprint density at radius 2 is 1.71 bits per heavy atom. The molecule has 192 valence electrons. The molecule has 0 aliphatic carbocycles. The number of aromatic amines is 1. The van der Waals surface area contributed by atoms with Gasteiger partial charge in [0.15, 0.2) is 5.75 Å². The van der Waals surface area contributed by atoms with Crippen LogP contribution in [0.1, 0.15) is 18.1 Å². The van der Waals surface area contributed by atoms with Crippen molar-refractivity contribution in [3.63, 3.8) is 0 Å². The molecule has 0 radical (unpaired) electrons. The number of benzene rings is 3. The Balaban J connectivity index is 1.40. The zero-order valence-corrected chi connectivity index (χ0v) is 22.4. The standard InChI is InChI=1S/C31H28N2O4S/c1-19-12-14-22(15-13-19)27-29(28(34)25-10-5-6-11-26(25)33(27)4)37-17-16-36-24-9-7-8-23(18-24)20(2)30-31(35)32-21(3)38-30/h5-15,18H,3,16-17H2,1-2,4H3,(H,32,35)/b30-20+. The first-order chi connectivity index (χ1) is 18.3. The summed E-state index contributed by atoms with van der Waals surface area (Å²) in [6.45, 7) is 8.19. The van der Waals surface area contributed by atoms with E-state index in [-0.39, 0.29) is 24.2 Å². The first-order valence-electron chi connectivity index (χ1n) is 12.3. The van der Waals surface area contributed by atoms with Crippen molar-refractivity contribution in [2.24, 2.45) is 7.05 Å². The number of aromatic nitrogens is 2. The highest BCUT2D eigenvalue weighted by atomic mass is 32.1. The quantitative estimate of drug-likeness (QED) is 0.321. The summed E-state index contributed by atoms with van der Waals surface area (Å²) in [6, 6.07) is 23.2. The van der Waals surface area contributed by atoms with E-state index < -0.39 is 0 Å². The number of nitrogens with one attached hydrogen (secondary N) is 1. The van der Waals surface area contributed by atoms with Crippen molar-refractivity contribution < 1.29 is 9.47 Å². The number of H-pyrrole nitrogens is 1. The van der Waals surface area contributed by atoms with Crippen LogP contribution < -0.4 is 29.7 Å². The minimum absolute atomic E-state index is 0.140. The molecule has 5 aromatic rings. The molecule has 0 unspecified atom stereocenters. The highest BCUT2D eigenvalue weighted by molar-refractivity contribution is 7.07. The van der Waals surface area contributed by atoms with E-state index in [1.807, 2.05) is 98.3 Å². The lowest BCUT2D eigenvalue weighted by atomic mass is 10.1. The molecule has 2 aromatic heterocycles. The van der Waals surface area contributed by atoms with Gasteiger partial charge in [-0.15, -0.1) is 11.3 Å². The van der Waals surface area contributed by atoms with Crippen molar-refractivity contribution in [2.45, 2.75) is 13.8 Å². The highest BCUT2D eigenvalue weighted by Gasteiger charge is 2.18. The maximum absolute atomic E-state index is 13.5. The molecule has 38 heavy (non-hydrogen) atoms. The Kier molecular flexibility index (Phi) is 7.03. The van der Waals surface area contributed by atoms with E-state index in [2.05, 4.69) is 11.6 Å². The van der Waals surface area contributed by atoms with Gasteiger partial charge < -0.3 is 19.0 Å². The molecule has 5 rings (SSSR count). The largest absolute Gasteiger partial charge is 0.490 e. The van der Waals surface area contributed by atoms with Crippen LogP contribution in [-0.4, -0.2) is 22.8 Å². The lowest BCUT2D eigenvalue weighted by Crippen LogP contribution is -2.22. The summed E-state index contributed by atoms with van der Waals surface area (Å²) in [5.74, 6) is 0.955. The van der Waals surface area contributed by atoms with Gasteiger partial charge >= 0.3 is 0 Å². The number of fused-ring (bicyclic) bond motifs is 1. The van der Waals surface area contributed by atoms with Crippen molar-refractivity contribution >= 4 is 34.4 Å². The van der Waals surface area contributed by atoms with E-state index >= 15 is 0 Å². The Labute approximate surface area is 223 Å². The first-order valence-corrected chi connectivity index (χ1v) is 13.1. The van der Waals surface area contributed by atoms with Crippen molar-refractivity contribution in [3.8, 4) is 22.8 Å². The molecular weight excluding hydrogens is 496 g/mol. The summed E-state index contributed by atoms with van der Waals surface area (Å²) in [4.78, 5) is 28.4. The SMILES string of the molecule is C=c1[nH]c(=O)/c(=C(/C)c2cccc(OCCOc3c(-c4ccc(C)cc4)n(C)c4ccccc4c3=O)c2)s1. The van der Waals surface area contributed by atoms with Gasteiger partial charge in [0.1, 0.15) is 19.0 Å². The molecule has 0 fully saturated rings. The third kappa shape index (κ3) is 4.93. The number of hydrogen-bond acceptors (Lipinski definition) is 5. The second-order valence-electron chi connectivity index (χ2n) is 9.11. The summed E-state index contributed by atoms with van der Waals surface area (Å²) in [5, 5.41) is 0.606. The lowest BCUT2D eigenvalue weighted by molar-refractivity contribution is 0.216. The summed E-state index contributed by atoms with van der Waals surface area (Å²) in [5.41, 5.74) is 5.08. The van der Waals surface area contributed by atoms with Crippen LogP contribution in [0.25, 0.3) is 34.3 Å². The number of nitrogens with zero attached hydrogens (tertiary/aromatic N) is 1. The molecule has 6 nitrogen and oxygen atoms in total. The number of pyridine rings is 1. The fourth-order valence-electron chi connectivity index (χ4n) is 4.51. The van der Waals surface area contributed by atoms with Crippen molar-refractivity contribution in [2.75, 3.05) is 13.2 Å². The van der Waals surface area contributed by atoms with E-state index in [1.165, 1.54) is 11.3 Å². The maximum Gasteiger partial charge on any atom is 0.266 e. The van der Waals surface area contributed by atoms with Gasteiger partial charge in [0, 0.05) is 18.0 Å². The van der Waals surface area contributed by atoms with E-state index in [9.17, 15) is 9.59 Å². The van der Waals surface area contributed by atoms with E-state index in [1.54, 1.807) is 0 Å². The fourth-order valence-corrected chi connectivity index (χ4v) is 5.31. The molecule has 7 heteroatoms. The predicted octanol–water partition coefficient (Wildman–Crippen LogP) is 4.35. The van der Waals surface area contributed by atoms with Crippen LogP contribution in [0.15, 0.2) is 82.4 Å². The van der Waals surface area contributed by atoms with Crippen LogP contribution in [0.2, 0.25) is 0 Å². The van der Waals surface area contributed by atoms with Gasteiger partial charge in [-0.25, -0.2) is 0 Å². The van der Waals surface area contributed by atoms with Crippen LogP contribution in [0.4, 0.5) is 0 Å². The molecule has 0 bridgehead atoms. The molecule has 1 N–H and O–H groups in total. The number of rotatable bonds is 7. The number of hydrogen-bond donors (Lipinski definition) is 1. The molecule has 0 amide bonds. The Morgan fingerprint density at radius 1 is 0.974 bits per heavy atom. The van der Waals surface area contributed by atoms with Gasteiger partial charge in [0.2, 0.25) is 5.43 Å². The molecule has 0 saturated carbocycles. The summed E-state index contributed by atoms with van der Waals surface area (Å²) in [7, 11) is 1.95. The molecule has 2 heterocycles. The third-order valence-corrected chi connectivity index (χ3v) is 7.53. The van der Waals surface area contributed by atoms with Gasteiger partial charge in [-0.3, -0.25) is 9.59 Å². The summed E-state index contributed by atoms with van der Waals surface area (Å²) < 4.78 is 15.3. The minimum atomic E-state index is -0.146. The first kappa shape index (κ1) is 25.3. The Hall–Kier alpha value is -4.36. The van der Waals surface area contributed by atoms with Crippen LogP contribution in [-0.2, 0) is 7.05 Å². The smallest absolute Gasteiger partial charge is 0.266 e. The van der Waals surface area contributed by atoms with Gasteiger partial charge in [-0.1, -0.05) is 60.7 Å². The van der Waals surface area contributed by atoms with Crippen LogP contribution in [0, 0.1) is 6.92 Å². The van der Waals surface area contributed by atoms with Crippen molar-refractivity contribution in [1.82, 2.24) is 9.55 Å². The average Bonchev–Trinajstić information content (AvgIpc) is 3.27. The predicted molar refractivity (Wildman–Crippen MR) is 155 cm³/mol. The van der Waals surface area contributed by atoms with Gasteiger partial charge in [0.05, 0.1) is 20.4 Å². The average molecular weight is 525 g/mol. The van der Waals surface area contributed by atoms with Crippen molar-refractivity contribution in [3.05, 3.63) is 114 Å². The van der Waals surface area contributed by atoms with Crippen molar-refractivity contribution in [1.29, 1.82) is 0 Å². The Bertz CT molecular complexity index is 1860. The van der Waals surface area contributed by atoms with Gasteiger partial charge in [0.25, 0.3) is 5.56 Å². The minimum Gasteiger partial charge on any atom is -0.490 e. The number of aryl methyl sites for hydroxylation is 2. The summed E-state index contributed by atoms with van der Waals surface area (Å²) >= 11 is 1.34. The normalized spacial score (nSPS) is 12.0. The van der Waals surface area contributed by atoms with E-state index in [4.69, 9.17) is 9.47 Å². The molecule has 0 aliphatic rings. The van der Waals surface area contributed by atoms with E-state index in [0.717, 1.165) is 33.5 Å². The lowest BCUT2D eigenvalue weighted by Gasteiger charge is -2.18. The monoisotopic (exact) mass is 524 g/mol. The van der Waals surface area contributed by atoms with Crippen LogP contribution in [0.3, 0.4) is 0 Å². The summed E-state index contributed by atoms with van der Waals surface area (Å²) in [6.07, 6.45) is 0. The van der Waals surface area contributed by atoms with Gasteiger partial charge in [-0.05, 0) is 49.2 Å². The molecule has 0 spiro atoms.